The van der Waals surface area contributed by atoms with E-state index in [0.29, 0.717) is 20.2 Å². The van der Waals surface area contributed by atoms with Gasteiger partial charge in [-0.15, -0.1) is 11.3 Å². The van der Waals surface area contributed by atoms with Gasteiger partial charge in [0.15, 0.2) is 0 Å². The van der Waals surface area contributed by atoms with Gasteiger partial charge in [-0.1, -0.05) is 34.5 Å². The molecular weight excluding hydrogens is 413 g/mol. The second-order valence-corrected chi connectivity index (χ2v) is 9.45. The van der Waals surface area contributed by atoms with E-state index in [0.717, 1.165) is 24.2 Å². The second-order valence-electron chi connectivity index (χ2n) is 3.38. The molecule has 0 saturated carbocycles. The van der Waals surface area contributed by atoms with Gasteiger partial charge in [-0.2, -0.15) is 0 Å². The fourth-order valence-electron chi connectivity index (χ4n) is 1.08. The lowest BCUT2D eigenvalue weighted by Gasteiger charge is -2.07. The van der Waals surface area contributed by atoms with Crippen molar-refractivity contribution in [1.29, 1.82) is 0 Å². The van der Waals surface area contributed by atoms with E-state index in [1.54, 1.807) is 0 Å². The third kappa shape index (κ3) is 4.80. The molecule has 0 fully saturated rings. The molecule has 17 heavy (non-hydrogen) atoms. The van der Waals surface area contributed by atoms with Crippen molar-refractivity contribution in [3.05, 3.63) is 14.9 Å². The van der Waals surface area contributed by atoms with Gasteiger partial charge in [0.1, 0.15) is 4.21 Å². The molecular formula is C9H12Br2ClNO2S2. The molecule has 0 aliphatic heterocycles. The zero-order valence-corrected chi connectivity index (χ0v) is 14.6. The lowest BCUT2D eigenvalue weighted by Crippen LogP contribution is -2.25. The van der Waals surface area contributed by atoms with Crippen LogP contribution in [0.5, 0.6) is 0 Å². The number of nitrogens with one attached hydrogen (secondary N) is 1. The highest BCUT2D eigenvalue weighted by Gasteiger charge is 2.18. The maximum Gasteiger partial charge on any atom is 0.250 e. The summed E-state index contributed by atoms with van der Waals surface area (Å²) in [7, 11) is -3.43. The normalized spacial score (nSPS) is 13.9. The highest BCUT2D eigenvalue weighted by atomic mass is 79.9. The quantitative estimate of drug-likeness (QED) is 0.700. The average Bonchev–Trinajstić information content (AvgIpc) is 2.59. The maximum absolute atomic E-state index is 11.9. The molecule has 98 valence electrons. The summed E-state index contributed by atoms with van der Waals surface area (Å²) in [4.78, 5) is 0.337. The van der Waals surface area contributed by atoms with Crippen molar-refractivity contribution < 1.29 is 8.42 Å². The molecule has 0 bridgehead atoms. The highest BCUT2D eigenvalue weighted by Crippen LogP contribution is 2.34. The second kappa shape index (κ2) is 6.86. The minimum Gasteiger partial charge on any atom is -0.210 e. The van der Waals surface area contributed by atoms with E-state index in [2.05, 4.69) is 36.6 Å². The number of halogens is 3. The first-order chi connectivity index (χ1) is 7.86. The van der Waals surface area contributed by atoms with Crippen LogP contribution in [0.2, 0.25) is 5.02 Å². The van der Waals surface area contributed by atoms with Gasteiger partial charge in [-0.25, -0.2) is 13.1 Å². The van der Waals surface area contributed by atoms with Crippen molar-refractivity contribution >= 4 is 64.8 Å². The van der Waals surface area contributed by atoms with E-state index in [1.807, 2.05) is 6.92 Å². The molecule has 0 saturated heterocycles. The summed E-state index contributed by atoms with van der Waals surface area (Å²) in [5.41, 5.74) is 0. The SMILES string of the molecule is CCC(Br)CCNS(=O)(=O)c1cc(Cl)c(Br)s1. The molecule has 1 rings (SSSR count). The molecule has 0 aromatic carbocycles. The van der Waals surface area contributed by atoms with Crippen molar-refractivity contribution in [3.63, 3.8) is 0 Å². The van der Waals surface area contributed by atoms with Crippen LogP contribution >= 0.6 is 54.8 Å². The predicted octanol–water partition coefficient (Wildman–Crippen LogP) is 4.01. The molecule has 0 amide bonds. The third-order valence-electron chi connectivity index (χ3n) is 2.08. The van der Waals surface area contributed by atoms with Gasteiger partial charge in [-0.3, -0.25) is 0 Å². The van der Waals surface area contributed by atoms with Gasteiger partial charge in [0.25, 0.3) is 0 Å². The van der Waals surface area contributed by atoms with Crippen LogP contribution in [0.4, 0.5) is 0 Å². The first-order valence-electron chi connectivity index (χ1n) is 4.95. The number of hydrogen-bond donors (Lipinski definition) is 1. The van der Waals surface area contributed by atoms with Crippen LogP contribution in [-0.2, 0) is 10.0 Å². The summed E-state index contributed by atoms with van der Waals surface area (Å²) in [6.45, 7) is 2.46. The van der Waals surface area contributed by atoms with Gasteiger partial charge in [-0.05, 0) is 34.8 Å². The Bertz CT molecular complexity index is 456. The van der Waals surface area contributed by atoms with E-state index in [4.69, 9.17) is 11.6 Å². The molecule has 1 aromatic rings. The van der Waals surface area contributed by atoms with E-state index in [9.17, 15) is 8.42 Å². The molecule has 3 nitrogen and oxygen atoms in total. The number of hydrogen-bond acceptors (Lipinski definition) is 3. The van der Waals surface area contributed by atoms with Crippen LogP contribution in [0.3, 0.4) is 0 Å². The summed E-state index contributed by atoms with van der Waals surface area (Å²) < 4.78 is 27.2. The molecule has 1 aromatic heterocycles. The Balaban J connectivity index is 2.63. The Morgan fingerprint density at radius 2 is 2.24 bits per heavy atom. The van der Waals surface area contributed by atoms with Crippen molar-refractivity contribution in [3.8, 4) is 0 Å². The Hall–Kier alpha value is 0.860. The number of sulfonamides is 1. The number of alkyl halides is 1. The first kappa shape index (κ1) is 15.9. The van der Waals surface area contributed by atoms with Gasteiger partial charge < -0.3 is 0 Å². The topological polar surface area (TPSA) is 46.2 Å². The van der Waals surface area contributed by atoms with E-state index in [1.165, 1.54) is 6.07 Å². The van der Waals surface area contributed by atoms with Crippen LogP contribution in [-0.4, -0.2) is 19.8 Å². The van der Waals surface area contributed by atoms with Crippen LogP contribution in [0, 0.1) is 0 Å². The van der Waals surface area contributed by atoms with E-state index < -0.39 is 10.0 Å². The number of rotatable bonds is 6. The minimum absolute atomic E-state index is 0.233. The molecule has 1 atom stereocenters. The van der Waals surface area contributed by atoms with Crippen molar-refractivity contribution in [2.45, 2.75) is 28.8 Å². The lowest BCUT2D eigenvalue weighted by molar-refractivity contribution is 0.579. The zero-order chi connectivity index (χ0) is 13.1. The Morgan fingerprint density at radius 1 is 1.59 bits per heavy atom. The highest BCUT2D eigenvalue weighted by molar-refractivity contribution is 9.11. The standard InChI is InChI=1S/C9H12Br2ClNO2S2/c1-2-6(10)3-4-13-17(14,15)8-5-7(12)9(11)16-8/h5-6,13H,2-4H2,1H3. The predicted molar refractivity (Wildman–Crippen MR) is 79.8 cm³/mol. The summed E-state index contributed by atoms with van der Waals surface area (Å²) in [5, 5.41) is 0.419. The molecule has 0 radical (unpaired) electrons. The Labute approximate surface area is 127 Å². The summed E-state index contributed by atoms with van der Waals surface area (Å²) in [6, 6.07) is 1.45. The van der Waals surface area contributed by atoms with E-state index >= 15 is 0 Å². The summed E-state index contributed by atoms with van der Waals surface area (Å²) in [5.74, 6) is 0. The average molecular weight is 426 g/mol. The Morgan fingerprint density at radius 3 is 2.71 bits per heavy atom. The Kier molecular flexibility index (Phi) is 6.42. The molecule has 8 heteroatoms. The molecule has 0 aliphatic rings. The molecule has 0 spiro atoms. The van der Waals surface area contributed by atoms with Crippen LogP contribution in [0.1, 0.15) is 19.8 Å². The van der Waals surface area contributed by atoms with Crippen LogP contribution in [0.15, 0.2) is 14.1 Å². The van der Waals surface area contributed by atoms with Crippen molar-refractivity contribution in [1.82, 2.24) is 4.72 Å². The minimum atomic E-state index is -3.43. The first-order valence-corrected chi connectivity index (χ1v) is 9.34. The summed E-state index contributed by atoms with van der Waals surface area (Å²) in [6.07, 6.45) is 1.73. The third-order valence-corrected chi connectivity index (χ3v) is 7.59. The number of thiophene rings is 1. The molecule has 1 heterocycles. The fourth-order valence-corrected chi connectivity index (χ4v) is 4.80. The van der Waals surface area contributed by atoms with Crippen molar-refractivity contribution in [2.75, 3.05) is 6.54 Å². The fraction of sp³-hybridized carbons (Fsp3) is 0.556. The van der Waals surface area contributed by atoms with Crippen molar-refractivity contribution in [2.24, 2.45) is 0 Å². The summed E-state index contributed by atoms with van der Waals surface area (Å²) >= 11 is 13.6. The van der Waals surface area contributed by atoms with Gasteiger partial charge >= 0.3 is 0 Å². The zero-order valence-electron chi connectivity index (χ0n) is 9.04. The van der Waals surface area contributed by atoms with Gasteiger partial charge in [0.2, 0.25) is 10.0 Å². The maximum atomic E-state index is 11.9. The smallest absolute Gasteiger partial charge is 0.210 e. The van der Waals surface area contributed by atoms with Crippen LogP contribution < -0.4 is 4.72 Å². The lowest BCUT2D eigenvalue weighted by atomic mass is 10.2. The molecule has 1 unspecified atom stereocenters. The monoisotopic (exact) mass is 423 g/mol. The molecule has 0 aliphatic carbocycles. The van der Waals surface area contributed by atoms with E-state index in [-0.39, 0.29) is 4.21 Å². The largest absolute Gasteiger partial charge is 0.250 e. The molecule has 1 N–H and O–H groups in total. The van der Waals surface area contributed by atoms with Crippen LogP contribution in [0.25, 0.3) is 0 Å². The van der Waals surface area contributed by atoms with Gasteiger partial charge in [0.05, 0.1) is 8.81 Å². The van der Waals surface area contributed by atoms with Gasteiger partial charge in [0, 0.05) is 11.4 Å².